The third-order valence-electron chi connectivity index (χ3n) is 1.43. The summed E-state index contributed by atoms with van der Waals surface area (Å²) in [4.78, 5) is 10.5. The van der Waals surface area contributed by atoms with Gasteiger partial charge in [0.2, 0.25) is 5.91 Å². The minimum Gasteiger partial charge on any atom is -0.369 e. The fourth-order valence-corrected chi connectivity index (χ4v) is 1.74. The van der Waals surface area contributed by atoms with Gasteiger partial charge in [-0.1, -0.05) is 13.8 Å². The van der Waals surface area contributed by atoms with Gasteiger partial charge in [0.1, 0.15) is 0 Å². The van der Waals surface area contributed by atoms with Crippen LogP contribution in [0.5, 0.6) is 0 Å². The van der Waals surface area contributed by atoms with Crippen LogP contribution in [0.3, 0.4) is 0 Å². The van der Waals surface area contributed by atoms with Crippen LogP contribution in [-0.4, -0.2) is 25.8 Å². The summed E-state index contributed by atoms with van der Waals surface area (Å²) in [5.41, 5.74) is 4.89. The highest BCUT2D eigenvalue weighted by atomic mass is 32.2. The highest BCUT2D eigenvalue weighted by molar-refractivity contribution is 7.91. The summed E-state index contributed by atoms with van der Waals surface area (Å²) in [6.07, 6.45) is 0. The van der Waals surface area contributed by atoms with E-state index in [2.05, 4.69) is 0 Å². The Morgan fingerprint density at radius 3 is 2.27 bits per heavy atom. The van der Waals surface area contributed by atoms with Crippen LogP contribution in [0.15, 0.2) is 0 Å². The smallest absolute Gasteiger partial charge is 0.221 e. The van der Waals surface area contributed by atoms with Crippen molar-refractivity contribution >= 4 is 15.7 Å². The maximum Gasteiger partial charge on any atom is 0.221 e. The molecular formula is C6H13NO3S. The van der Waals surface area contributed by atoms with E-state index in [1.807, 2.05) is 0 Å². The standard InChI is InChI=1S/C6H13NO3S/c1-3-11(9,10)4-5(2)6(7)8/h5H,3-4H2,1-2H3,(H2,7,8). The van der Waals surface area contributed by atoms with Crippen molar-refractivity contribution in [2.75, 3.05) is 11.5 Å². The molecule has 0 heterocycles. The number of sulfone groups is 1. The maximum atomic E-state index is 10.9. The van der Waals surface area contributed by atoms with Crippen molar-refractivity contribution in [1.82, 2.24) is 0 Å². The highest BCUT2D eigenvalue weighted by Crippen LogP contribution is 2.00. The van der Waals surface area contributed by atoms with Crippen molar-refractivity contribution in [2.24, 2.45) is 11.7 Å². The van der Waals surface area contributed by atoms with Crippen LogP contribution in [-0.2, 0) is 14.6 Å². The van der Waals surface area contributed by atoms with Gasteiger partial charge in [0.15, 0.2) is 9.84 Å². The van der Waals surface area contributed by atoms with Gasteiger partial charge in [0.25, 0.3) is 0 Å². The molecule has 5 heteroatoms. The minimum atomic E-state index is -3.06. The molecule has 4 nitrogen and oxygen atoms in total. The number of rotatable bonds is 4. The molecular weight excluding hydrogens is 166 g/mol. The van der Waals surface area contributed by atoms with Crippen LogP contribution < -0.4 is 5.73 Å². The Bertz CT molecular complexity index is 232. The molecule has 11 heavy (non-hydrogen) atoms. The van der Waals surface area contributed by atoms with E-state index in [4.69, 9.17) is 5.73 Å². The first kappa shape index (κ1) is 10.4. The lowest BCUT2D eigenvalue weighted by molar-refractivity contribution is -0.120. The molecule has 0 aromatic rings. The molecule has 0 rings (SSSR count). The van der Waals surface area contributed by atoms with E-state index in [9.17, 15) is 13.2 Å². The predicted molar refractivity (Wildman–Crippen MR) is 42.7 cm³/mol. The van der Waals surface area contributed by atoms with E-state index in [0.29, 0.717) is 0 Å². The molecule has 0 aromatic heterocycles. The van der Waals surface area contributed by atoms with E-state index in [0.717, 1.165) is 0 Å². The van der Waals surface area contributed by atoms with Gasteiger partial charge in [-0.3, -0.25) is 4.79 Å². The van der Waals surface area contributed by atoms with Crippen molar-refractivity contribution in [3.05, 3.63) is 0 Å². The zero-order valence-electron chi connectivity index (χ0n) is 6.70. The van der Waals surface area contributed by atoms with Gasteiger partial charge in [0, 0.05) is 11.7 Å². The fraction of sp³-hybridized carbons (Fsp3) is 0.833. The molecule has 0 fully saturated rings. The van der Waals surface area contributed by atoms with E-state index in [1.54, 1.807) is 6.92 Å². The first-order chi connectivity index (χ1) is 4.89. The molecule has 0 aromatic carbocycles. The van der Waals surface area contributed by atoms with Crippen LogP contribution in [0.2, 0.25) is 0 Å². The zero-order valence-corrected chi connectivity index (χ0v) is 7.52. The number of amides is 1. The minimum absolute atomic E-state index is 0.0601. The van der Waals surface area contributed by atoms with Crippen molar-refractivity contribution in [3.8, 4) is 0 Å². The zero-order chi connectivity index (χ0) is 9.07. The first-order valence-electron chi connectivity index (χ1n) is 3.38. The summed E-state index contributed by atoms with van der Waals surface area (Å²) < 4.78 is 21.8. The predicted octanol–water partition coefficient (Wildman–Crippen LogP) is -0.457. The lowest BCUT2D eigenvalue weighted by Gasteiger charge is -2.05. The van der Waals surface area contributed by atoms with Crippen LogP contribution in [0.4, 0.5) is 0 Å². The second-order valence-corrected chi connectivity index (χ2v) is 4.90. The van der Waals surface area contributed by atoms with Crippen molar-refractivity contribution in [3.63, 3.8) is 0 Å². The van der Waals surface area contributed by atoms with Gasteiger partial charge in [-0.2, -0.15) is 0 Å². The van der Waals surface area contributed by atoms with Crippen LogP contribution >= 0.6 is 0 Å². The van der Waals surface area contributed by atoms with E-state index in [1.165, 1.54) is 6.92 Å². The van der Waals surface area contributed by atoms with Gasteiger partial charge in [-0.15, -0.1) is 0 Å². The number of hydrogen-bond acceptors (Lipinski definition) is 3. The molecule has 0 aliphatic rings. The molecule has 1 unspecified atom stereocenters. The van der Waals surface area contributed by atoms with E-state index in [-0.39, 0.29) is 11.5 Å². The number of carbonyl (C=O) groups is 1. The quantitative estimate of drug-likeness (QED) is 0.634. The second kappa shape index (κ2) is 3.71. The van der Waals surface area contributed by atoms with Gasteiger partial charge >= 0.3 is 0 Å². The Balaban J connectivity index is 4.16. The second-order valence-electron chi connectivity index (χ2n) is 2.50. The Morgan fingerprint density at radius 2 is 2.00 bits per heavy atom. The third kappa shape index (κ3) is 3.98. The van der Waals surface area contributed by atoms with Gasteiger partial charge in [0.05, 0.1) is 5.75 Å². The van der Waals surface area contributed by atoms with Crippen LogP contribution in [0, 0.1) is 5.92 Å². The molecule has 0 radical (unpaired) electrons. The molecule has 1 atom stereocenters. The van der Waals surface area contributed by atoms with Crippen molar-refractivity contribution < 1.29 is 13.2 Å². The Hall–Kier alpha value is -0.580. The first-order valence-corrected chi connectivity index (χ1v) is 5.21. The maximum absolute atomic E-state index is 10.9. The van der Waals surface area contributed by atoms with Gasteiger partial charge in [-0.05, 0) is 0 Å². The summed E-state index contributed by atoms with van der Waals surface area (Å²) in [5.74, 6) is -1.23. The van der Waals surface area contributed by atoms with Crippen LogP contribution in [0.25, 0.3) is 0 Å². The molecule has 66 valence electrons. The summed E-state index contributed by atoms with van der Waals surface area (Å²) in [6.45, 7) is 3.05. The molecule has 2 N–H and O–H groups in total. The van der Waals surface area contributed by atoms with Crippen molar-refractivity contribution in [1.29, 1.82) is 0 Å². The summed E-state index contributed by atoms with van der Waals surface area (Å²) in [5, 5.41) is 0. The number of carbonyl (C=O) groups excluding carboxylic acids is 1. The van der Waals surface area contributed by atoms with E-state index >= 15 is 0 Å². The van der Waals surface area contributed by atoms with Gasteiger partial charge < -0.3 is 5.73 Å². The lowest BCUT2D eigenvalue weighted by Crippen LogP contribution is -2.27. The molecule has 0 aliphatic heterocycles. The topological polar surface area (TPSA) is 77.2 Å². The van der Waals surface area contributed by atoms with E-state index < -0.39 is 21.7 Å². The SMILES string of the molecule is CCS(=O)(=O)CC(C)C(N)=O. The highest BCUT2D eigenvalue weighted by Gasteiger charge is 2.17. The average Bonchev–Trinajstić information content (AvgIpc) is 1.87. The summed E-state index contributed by atoms with van der Waals surface area (Å²) >= 11 is 0. The Labute approximate surface area is 66.7 Å². The number of primary amides is 1. The molecule has 0 spiro atoms. The summed E-state index contributed by atoms with van der Waals surface area (Å²) in [6, 6.07) is 0. The number of hydrogen-bond donors (Lipinski definition) is 1. The normalized spacial score (nSPS) is 14.4. The molecule has 0 bridgehead atoms. The fourth-order valence-electron chi connectivity index (χ4n) is 0.581. The molecule has 0 saturated carbocycles. The largest absolute Gasteiger partial charge is 0.369 e. The molecule has 0 saturated heterocycles. The Kier molecular flexibility index (Phi) is 3.51. The summed E-state index contributed by atoms with van der Waals surface area (Å²) in [7, 11) is -3.06. The average molecular weight is 179 g/mol. The third-order valence-corrected chi connectivity index (χ3v) is 3.32. The monoisotopic (exact) mass is 179 g/mol. The molecule has 0 aliphatic carbocycles. The lowest BCUT2D eigenvalue weighted by atomic mass is 10.2. The van der Waals surface area contributed by atoms with Crippen molar-refractivity contribution in [2.45, 2.75) is 13.8 Å². The van der Waals surface area contributed by atoms with Crippen LogP contribution in [0.1, 0.15) is 13.8 Å². The number of nitrogens with two attached hydrogens (primary N) is 1. The Morgan fingerprint density at radius 1 is 1.55 bits per heavy atom. The van der Waals surface area contributed by atoms with Gasteiger partial charge in [-0.25, -0.2) is 8.42 Å². The molecule has 1 amide bonds.